The summed E-state index contributed by atoms with van der Waals surface area (Å²) in [4.78, 5) is 0. The van der Waals surface area contributed by atoms with Crippen molar-refractivity contribution < 1.29 is 4.74 Å². The average Bonchev–Trinajstić information content (AvgIpc) is 2.47. The summed E-state index contributed by atoms with van der Waals surface area (Å²) in [7, 11) is 1.66. The van der Waals surface area contributed by atoms with Crippen LogP contribution in [0.3, 0.4) is 0 Å². The van der Waals surface area contributed by atoms with Crippen molar-refractivity contribution in [1.82, 2.24) is 0 Å². The summed E-state index contributed by atoms with van der Waals surface area (Å²) in [6, 6.07) is 18.4. The quantitative estimate of drug-likeness (QED) is 0.820. The Morgan fingerprint density at radius 1 is 1.00 bits per heavy atom. The van der Waals surface area contributed by atoms with Crippen LogP contribution in [0.15, 0.2) is 48.5 Å². The molecule has 2 rings (SSSR count). The molecule has 0 aromatic heterocycles. The number of methoxy groups -OCH3 is 1. The Kier molecular flexibility index (Phi) is 3.57. The van der Waals surface area contributed by atoms with Crippen LogP contribution in [-0.4, -0.2) is 7.11 Å². The lowest BCUT2D eigenvalue weighted by atomic mass is 9.85. The highest BCUT2D eigenvalue weighted by Gasteiger charge is 2.19. The first-order valence-corrected chi connectivity index (χ1v) is 6.23. The lowest BCUT2D eigenvalue weighted by Crippen LogP contribution is -2.13. The largest absolute Gasteiger partial charge is 0.497 e. The second kappa shape index (κ2) is 5.16. The number of nitrogens with zero attached hydrogens (tertiary/aromatic N) is 1. The Balaban J connectivity index is 2.35. The van der Waals surface area contributed by atoms with Crippen LogP contribution in [-0.2, 0) is 5.41 Å². The summed E-state index contributed by atoms with van der Waals surface area (Å²) in [6.45, 7) is 3.85. The fraction of sp³-hybridized carbons (Fsp3) is 0.235. The molecule has 0 unspecified atom stereocenters. The zero-order chi connectivity index (χ0) is 13.9. The van der Waals surface area contributed by atoms with Crippen LogP contribution in [0.25, 0.3) is 11.1 Å². The van der Waals surface area contributed by atoms with E-state index in [1.54, 1.807) is 7.11 Å². The minimum absolute atomic E-state index is 0.451. The Labute approximate surface area is 114 Å². The average molecular weight is 251 g/mol. The summed E-state index contributed by atoms with van der Waals surface area (Å²) in [5.41, 5.74) is 2.81. The van der Waals surface area contributed by atoms with Crippen molar-refractivity contribution in [3.63, 3.8) is 0 Å². The molecule has 2 nitrogen and oxygen atoms in total. The smallest absolute Gasteiger partial charge is 0.119 e. The van der Waals surface area contributed by atoms with E-state index in [1.807, 2.05) is 62.4 Å². The number of nitriles is 1. The molecule has 0 saturated heterocycles. The molecule has 0 saturated carbocycles. The molecule has 0 radical (unpaired) electrons. The van der Waals surface area contributed by atoms with Gasteiger partial charge in [0.25, 0.3) is 0 Å². The van der Waals surface area contributed by atoms with Crippen molar-refractivity contribution in [2.75, 3.05) is 7.11 Å². The Morgan fingerprint density at radius 2 is 1.68 bits per heavy atom. The molecule has 0 amide bonds. The number of rotatable bonds is 3. The highest BCUT2D eigenvalue weighted by atomic mass is 16.5. The molecule has 0 heterocycles. The topological polar surface area (TPSA) is 33.0 Å². The summed E-state index contributed by atoms with van der Waals surface area (Å²) in [5.74, 6) is 0.846. The van der Waals surface area contributed by atoms with Crippen LogP contribution in [0.4, 0.5) is 0 Å². The maximum Gasteiger partial charge on any atom is 0.119 e. The van der Waals surface area contributed by atoms with Crippen LogP contribution in [0, 0.1) is 11.3 Å². The van der Waals surface area contributed by atoms with Crippen molar-refractivity contribution in [3.05, 3.63) is 54.1 Å². The Hall–Kier alpha value is -2.27. The Morgan fingerprint density at radius 3 is 2.26 bits per heavy atom. The van der Waals surface area contributed by atoms with Crippen molar-refractivity contribution in [3.8, 4) is 22.9 Å². The van der Waals surface area contributed by atoms with E-state index in [0.717, 1.165) is 22.4 Å². The molecule has 0 atom stereocenters. The van der Waals surface area contributed by atoms with E-state index in [2.05, 4.69) is 6.07 Å². The van der Waals surface area contributed by atoms with E-state index in [1.165, 1.54) is 0 Å². The van der Waals surface area contributed by atoms with Gasteiger partial charge in [-0.05, 0) is 42.7 Å². The second-order valence-corrected chi connectivity index (χ2v) is 5.05. The number of ether oxygens (including phenoxy) is 1. The van der Waals surface area contributed by atoms with Gasteiger partial charge in [0.15, 0.2) is 0 Å². The summed E-state index contributed by atoms with van der Waals surface area (Å²) in [5, 5.41) is 9.14. The van der Waals surface area contributed by atoms with Crippen LogP contribution in [0.1, 0.15) is 19.4 Å². The van der Waals surface area contributed by atoms with Gasteiger partial charge in [-0.2, -0.15) is 5.26 Å². The van der Waals surface area contributed by atoms with Crippen molar-refractivity contribution in [1.29, 1.82) is 5.26 Å². The van der Waals surface area contributed by atoms with Crippen LogP contribution in [0.2, 0.25) is 0 Å². The summed E-state index contributed by atoms with van der Waals surface area (Å²) < 4.78 is 5.23. The van der Waals surface area contributed by atoms with E-state index >= 15 is 0 Å². The summed E-state index contributed by atoms with van der Waals surface area (Å²) >= 11 is 0. The van der Waals surface area contributed by atoms with E-state index in [-0.39, 0.29) is 0 Å². The second-order valence-electron chi connectivity index (χ2n) is 5.05. The summed E-state index contributed by atoms with van der Waals surface area (Å²) in [6.07, 6.45) is 0. The molecule has 19 heavy (non-hydrogen) atoms. The van der Waals surface area contributed by atoms with Gasteiger partial charge >= 0.3 is 0 Å². The maximum absolute atomic E-state index is 9.14. The van der Waals surface area contributed by atoms with Gasteiger partial charge in [-0.1, -0.05) is 36.4 Å². The molecule has 0 N–H and O–H groups in total. The first-order chi connectivity index (χ1) is 9.06. The molecule has 2 aromatic carbocycles. The van der Waals surface area contributed by atoms with Crippen LogP contribution in [0.5, 0.6) is 5.75 Å². The fourth-order valence-corrected chi connectivity index (χ4v) is 1.95. The van der Waals surface area contributed by atoms with Gasteiger partial charge in [-0.25, -0.2) is 0 Å². The van der Waals surface area contributed by atoms with Crippen LogP contribution >= 0.6 is 0 Å². The highest BCUT2D eigenvalue weighted by Crippen LogP contribution is 2.27. The standard InChI is InChI=1S/C17H17NO/c1-17(2,12-18)15-9-7-13(8-10-15)14-5-4-6-16(11-14)19-3/h4-11H,1-3H3. The molecule has 0 aliphatic rings. The first-order valence-electron chi connectivity index (χ1n) is 6.23. The van der Waals surface area contributed by atoms with Gasteiger partial charge in [0.05, 0.1) is 18.6 Å². The molecule has 0 aliphatic heterocycles. The van der Waals surface area contributed by atoms with Gasteiger partial charge in [0.1, 0.15) is 5.75 Å². The predicted molar refractivity (Wildman–Crippen MR) is 77.1 cm³/mol. The lowest BCUT2D eigenvalue weighted by molar-refractivity contribution is 0.415. The van der Waals surface area contributed by atoms with Gasteiger partial charge in [0, 0.05) is 0 Å². The number of hydrogen-bond donors (Lipinski definition) is 0. The normalized spacial score (nSPS) is 10.8. The molecule has 0 aliphatic carbocycles. The number of hydrogen-bond acceptors (Lipinski definition) is 2. The molecule has 2 heteroatoms. The molecule has 0 fully saturated rings. The van der Waals surface area contributed by atoms with Gasteiger partial charge in [-0.15, -0.1) is 0 Å². The third-order valence-electron chi connectivity index (χ3n) is 3.29. The molecule has 0 spiro atoms. The SMILES string of the molecule is COc1cccc(-c2ccc(C(C)(C)C#N)cc2)c1. The van der Waals surface area contributed by atoms with Gasteiger partial charge < -0.3 is 4.74 Å². The predicted octanol–water partition coefficient (Wildman–Crippen LogP) is 4.16. The minimum Gasteiger partial charge on any atom is -0.497 e. The fourth-order valence-electron chi connectivity index (χ4n) is 1.95. The van der Waals surface area contributed by atoms with Gasteiger partial charge in [0.2, 0.25) is 0 Å². The minimum atomic E-state index is -0.451. The van der Waals surface area contributed by atoms with Crippen molar-refractivity contribution >= 4 is 0 Å². The van der Waals surface area contributed by atoms with Gasteiger partial charge in [-0.3, -0.25) is 0 Å². The van der Waals surface area contributed by atoms with E-state index in [0.29, 0.717) is 0 Å². The van der Waals surface area contributed by atoms with E-state index in [4.69, 9.17) is 10.00 Å². The molecule has 96 valence electrons. The molecule has 2 aromatic rings. The van der Waals surface area contributed by atoms with Crippen molar-refractivity contribution in [2.45, 2.75) is 19.3 Å². The molecular formula is C17H17NO. The molecule has 0 bridgehead atoms. The first kappa shape index (κ1) is 13.2. The van der Waals surface area contributed by atoms with E-state index < -0.39 is 5.41 Å². The van der Waals surface area contributed by atoms with Crippen LogP contribution < -0.4 is 4.74 Å². The van der Waals surface area contributed by atoms with Crippen molar-refractivity contribution in [2.24, 2.45) is 0 Å². The third kappa shape index (κ3) is 2.77. The number of benzene rings is 2. The monoisotopic (exact) mass is 251 g/mol. The maximum atomic E-state index is 9.14. The highest BCUT2D eigenvalue weighted by molar-refractivity contribution is 5.65. The lowest BCUT2D eigenvalue weighted by Gasteiger charge is -2.16. The zero-order valence-electron chi connectivity index (χ0n) is 11.5. The van der Waals surface area contributed by atoms with E-state index in [9.17, 15) is 0 Å². The zero-order valence-corrected chi connectivity index (χ0v) is 11.5. The third-order valence-corrected chi connectivity index (χ3v) is 3.29. The Bertz CT molecular complexity index is 606. The molecular weight excluding hydrogens is 234 g/mol.